The lowest BCUT2D eigenvalue weighted by atomic mass is 9.84. The molecule has 0 spiro atoms. The molecule has 1 aliphatic heterocycles. The first kappa shape index (κ1) is 22.0. The molecule has 142 valence electrons. The standard InChI is InChI=1S/C18H30N4O2.HI/c1-19-17(21-13-18(7-9-23)8-10-24-14-18)20-12-15-5-4-6-16(11-15)22(2)3;/h4-6,11,23H,7-10,12-14H2,1-3H3,(H2,19,20,21);1H. The quantitative estimate of drug-likeness (QED) is 0.328. The number of nitrogens with one attached hydrogen (secondary N) is 2. The number of nitrogens with zero attached hydrogens (tertiary/aromatic N) is 2. The van der Waals surface area contributed by atoms with Crippen LogP contribution in [-0.4, -0.2) is 58.6 Å². The van der Waals surface area contributed by atoms with Crippen molar-refractivity contribution in [3.8, 4) is 0 Å². The van der Waals surface area contributed by atoms with Crippen LogP contribution in [0.15, 0.2) is 29.3 Å². The van der Waals surface area contributed by atoms with E-state index in [0.29, 0.717) is 13.2 Å². The highest BCUT2D eigenvalue weighted by molar-refractivity contribution is 14.0. The van der Waals surface area contributed by atoms with Gasteiger partial charge >= 0.3 is 0 Å². The van der Waals surface area contributed by atoms with Gasteiger partial charge in [0.1, 0.15) is 0 Å². The van der Waals surface area contributed by atoms with Gasteiger partial charge in [-0.05, 0) is 30.5 Å². The van der Waals surface area contributed by atoms with Crippen molar-refractivity contribution in [3.05, 3.63) is 29.8 Å². The Labute approximate surface area is 168 Å². The van der Waals surface area contributed by atoms with Gasteiger partial charge in [0.05, 0.1) is 6.61 Å². The fourth-order valence-corrected chi connectivity index (χ4v) is 2.93. The maximum Gasteiger partial charge on any atom is 0.191 e. The Kier molecular flexibility index (Phi) is 9.52. The summed E-state index contributed by atoms with van der Waals surface area (Å²) < 4.78 is 5.53. The Bertz CT molecular complexity index is 546. The number of benzene rings is 1. The molecule has 3 N–H and O–H groups in total. The minimum Gasteiger partial charge on any atom is -0.396 e. The number of ether oxygens (including phenoxy) is 1. The van der Waals surface area contributed by atoms with Crippen LogP contribution in [0.4, 0.5) is 5.69 Å². The zero-order chi connectivity index (χ0) is 17.4. The molecule has 0 saturated carbocycles. The Morgan fingerprint density at radius 1 is 1.36 bits per heavy atom. The molecule has 1 aliphatic rings. The van der Waals surface area contributed by atoms with E-state index < -0.39 is 0 Å². The average molecular weight is 462 g/mol. The van der Waals surface area contributed by atoms with E-state index in [1.165, 1.54) is 11.3 Å². The Hall–Kier alpha value is -1.06. The first-order valence-corrected chi connectivity index (χ1v) is 8.48. The lowest BCUT2D eigenvalue weighted by Gasteiger charge is -2.27. The molecular formula is C18H31IN4O2. The van der Waals surface area contributed by atoms with Gasteiger partial charge in [-0.3, -0.25) is 4.99 Å². The third kappa shape index (κ3) is 6.63. The van der Waals surface area contributed by atoms with E-state index in [2.05, 4.69) is 44.8 Å². The van der Waals surface area contributed by atoms with E-state index in [1.807, 2.05) is 14.1 Å². The molecule has 1 fully saturated rings. The minimum absolute atomic E-state index is 0. The van der Waals surface area contributed by atoms with Crippen molar-refractivity contribution in [2.45, 2.75) is 19.4 Å². The fourth-order valence-electron chi connectivity index (χ4n) is 2.93. The molecule has 1 atom stereocenters. The number of rotatable bonds is 7. The van der Waals surface area contributed by atoms with Crippen molar-refractivity contribution in [2.75, 3.05) is 52.4 Å². The van der Waals surface area contributed by atoms with Gasteiger partial charge in [0.15, 0.2) is 5.96 Å². The first-order valence-electron chi connectivity index (χ1n) is 8.48. The van der Waals surface area contributed by atoms with E-state index in [1.54, 1.807) is 7.05 Å². The SMILES string of the molecule is CN=C(NCc1cccc(N(C)C)c1)NCC1(CCO)CCOC1.I. The van der Waals surface area contributed by atoms with Crippen LogP contribution in [-0.2, 0) is 11.3 Å². The smallest absolute Gasteiger partial charge is 0.191 e. The maximum absolute atomic E-state index is 9.30. The van der Waals surface area contributed by atoms with Crippen molar-refractivity contribution in [2.24, 2.45) is 10.4 Å². The van der Waals surface area contributed by atoms with Crippen LogP contribution in [0, 0.1) is 5.41 Å². The third-order valence-corrected chi connectivity index (χ3v) is 4.57. The molecular weight excluding hydrogens is 431 g/mol. The van der Waals surface area contributed by atoms with Crippen molar-refractivity contribution in [1.29, 1.82) is 0 Å². The van der Waals surface area contributed by atoms with E-state index in [4.69, 9.17) is 4.74 Å². The van der Waals surface area contributed by atoms with Crippen molar-refractivity contribution >= 4 is 35.6 Å². The summed E-state index contributed by atoms with van der Waals surface area (Å²) in [5.41, 5.74) is 2.40. The number of guanidine groups is 1. The highest BCUT2D eigenvalue weighted by Gasteiger charge is 2.34. The lowest BCUT2D eigenvalue weighted by Crippen LogP contribution is -2.44. The molecule has 1 saturated heterocycles. The molecule has 0 aliphatic carbocycles. The molecule has 1 aromatic rings. The van der Waals surface area contributed by atoms with Gasteiger partial charge in [-0.15, -0.1) is 24.0 Å². The monoisotopic (exact) mass is 462 g/mol. The molecule has 1 heterocycles. The van der Waals surface area contributed by atoms with E-state index in [0.717, 1.165) is 32.0 Å². The number of aliphatic imine (C=N–C) groups is 1. The van der Waals surface area contributed by atoms with Crippen molar-refractivity contribution < 1.29 is 9.84 Å². The lowest BCUT2D eigenvalue weighted by molar-refractivity contribution is 0.127. The van der Waals surface area contributed by atoms with E-state index in [9.17, 15) is 5.11 Å². The maximum atomic E-state index is 9.30. The molecule has 0 bridgehead atoms. The van der Waals surface area contributed by atoms with Gasteiger partial charge in [0.25, 0.3) is 0 Å². The number of halogens is 1. The molecule has 2 rings (SSSR count). The van der Waals surface area contributed by atoms with Crippen molar-refractivity contribution in [1.82, 2.24) is 10.6 Å². The van der Waals surface area contributed by atoms with Crippen LogP contribution >= 0.6 is 24.0 Å². The summed E-state index contributed by atoms with van der Waals surface area (Å²) in [6, 6.07) is 8.42. The summed E-state index contributed by atoms with van der Waals surface area (Å²) >= 11 is 0. The summed E-state index contributed by atoms with van der Waals surface area (Å²) in [5.74, 6) is 0.773. The Morgan fingerprint density at radius 3 is 2.76 bits per heavy atom. The fraction of sp³-hybridized carbons (Fsp3) is 0.611. The normalized spacial score (nSPS) is 20.1. The predicted octanol–water partition coefficient (Wildman–Crippen LogP) is 1.82. The second-order valence-corrected chi connectivity index (χ2v) is 6.62. The largest absolute Gasteiger partial charge is 0.396 e. The number of anilines is 1. The van der Waals surface area contributed by atoms with E-state index in [-0.39, 0.29) is 36.0 Å². The third-order valence-electron chi connectivity index (χ3n) is 4.57. The summed E-state index contributed by atoms with van der Waals surface area (Å²) in [5, 5.41) is 16.0. The number of aliphatic hydroxyl groups is 1. The number of hydrogen-bond donors (Lipinski definition) is 3. The zero-order valence-electron chi connectivity index (χ0n) is 15.4. The van der Waals surface area contributed by atoms with Crippen LogP contribution in [0.5, 0.6) is 0 Å². The average Bonchev–Trinajstić information content (AvgIpc) is 3.04. The summed E-state index contributed by atoms with van der Waals surface area (Å²) in [7, 11) is 5.85. The highest BCUT2D eigenvalue weighted by Crippen LogP contribution is 2.31. The molecule has 25 heavy (non-hydrogen) atoms. The summed E-state index contributed by atoms with van der Waals surface area (Å²) in [6.45, 7) is 3.12. The second kappa shape index (κ2) is 10.8. The van der Waals surface area contributed by atoms with Crippen LogP contribution in [0.2, 0.25) is 0 Å². The Morgan fingerprint density at radius 2 is 2.16 bits per heavy atom. The number of aliphatic hydroxyl groups excluding tert-OH is 1. The molecule has 7 heteroatoms. The molecule has 1 aromatic carbocycles. The van der Waals surface area contributed by atoms with Crippen molar-refractivity contribution in [3.63, 3.8) is 0 Å². The summed E-state index contributed by atoms with van der Waals surface area (Å²) in [6.07, 6.45) is 1.73. The molecule has 6 nitrogen and oxygen atoms in total. The zero-order valence-corrected chi connectivity index (χ0v) is 17.7. The topological polar surface area (TPSA) is 69.1 Å². The highest BCUT2D eigenvalue weighted by atomic mass is 127. The second-order valence-electron chi connectivity index (χ2n) is 6.62. The molecule has 0 amide bonds. The van der Waals surface area contributed by atoms with Gasteiger partial charge in [-0.25, -0.2) is 0 Å². The van der Waals surface area contributed by atoms with Gasteiger partial charge in [-0.1, -0.05) is 12.1 Å². The van der Waals surface area contributed by atoms with Gasteiger partial charge < -0.3 is 25.4 Å². The van der Waals surface area contributed by atoms with E-state index >= 15 is 0 Å². The summed E-state index contributed by atoms with van der Waals surface area (Å²) in [4.78, 5) is 6.39. The van der Waals surface area contributed by atoms with Crippen LogP contribution in [0.25, 0.3) is 0 Å². The predicted molar refractivity (Wildman–Crippen MR) is 114 cm³/mol. The molecule has 1 unspecified atom stereocenters. The minimum atomic E-state index is 0. The molecule has 0 aromatic heterocycles. The van der Waals surface area contributed by atoms with Gasteiger partial charge in [0.2, 0.25) is 0 Å². The van der Waals surface area contributed by atoms with Crippen LogP contribution in [0.3, 0.4) is 0 Å². The Balaban J connectivity index is 0.00000312. The number of hydrogen-bond acceptors (Lipinski definition) is 4. The molecule has 0 radical (unpaired) electrons. The van der Waals surface area contributed by atoms with Gasteiger partial charge in [-0.2, -0.15) is 0 Å². The van der Waals surface area contributed by atoms with Crippen LogP contribution < -0.4 is 15.5 Å². The van der Waals surface area contributed by atoms with Gasteiger partial charge in [0, 0.05) is 58.5 Å². The van der Waals surface area contributed by atoms with Crippen LogP contribution in [0.1, 0.15) is 18.4 Å². The first-order chi connectivity index (χ1) is 11.6.